The van der Waals surface area contributed by atoms with Gasteiger partial charge in [0.05, 0.1) is 16.8 Å². The van der Waals surface area contributed by atoms with Crippen LogP contribution in [0.2, 0.25) is 0 Å². The van der Waals surface area contributed by atoms with E-state index >= 15 is 0 Å². The first-order chi connectivity index (χ1) is 15.4. The van der Waals surface area contributed by atoms with Crippen LogP contribution < -0.4 is 4.90 Å². The minimum atomic E-state index is -0.0264. The number of hydrogen-bond donors (Lipinski definition) is 0. The van der Waals surface area contributed by atoms with Gasteiger partial charge in [0, 0.05) is 43.0 Å². The molecule has 0 atom stereocenters. The largest absolute Gasteiger partial charge is 0.378 e. The Morgan fingerprint density at radius 3 is 1.88 bits per heavy atom. The molecule has 1 fully saturated rings. The van der Waals surface area contributed by atoms with Crippen LogP contribution in [0.5, 0.6) is 0 Å². The molecule has 1 saturated heterocycles. The van der Waals surface area contributed by atoms with Crippen molar-refractivity contribution in [3.8, 4) is 0 Å². The summed E-state index contributed by atoms with van der Waals surface area (Å²) >= 11 is 0. The predicted octanol–water partition coefficient (Wildman–Crippen LogP) is 5.23. The molecular weight excluding hydrogens is 406 g/mol. The first-order valence-corrected chi connectivity index (χ1v) is 12.0. The van der Waals surface area contributed by atoms with Crippen LogP contribution in [0.4, 0.5) is 5.69 Å². The molecule has 0 aromatic heterocycles. The number of carbonyl (C=O) groups is 1. The van der Waals surface area contributed by atoms with E-state index in [1.54, 1.807) is 0 Å². The van der Waals surface area contributed by atoms with E-state index in [4.69, 9.17) is 0 Å². The maximum Gasteiger partial charge on any atom is 0.199 e. The second-order valence-corrected chi connectivity index (χ2v) is 11.1. The zero-order valence-corrected chi connectivity index (χ0v) is 21.5. The normalized spacial score (nSPS) is 21.5. The molecule has 0 spiro atoms. The summed E-state index contributed by atoms with van der Waals surface area (Å²) < 4.78 is 2.09. The van der Waals surface area contributed by atoms with Crippen LogP contribution in [0.1, 0.15) is 52.5 Å². The highest BCUT2D eigenvalue weighted by molar-refractivity contribution is 6.40. The summed E-state index contributed by atoms with van der Waals surface area (Å²) in [5.41, 5.74) is 7.06. The van der Waals surface area contributed by atoms with E-state index in [0.29, 0.717) is 0 Å². The molecule has 1 heterocycles. The standard InChI is InChI=1S/C29H38N3O/c1-28(2)18-9-19-29(3,4)32(28)26-24(20-10-14-22(15-11-20)30(5)6)27(33)25(26)21-12-16-23(17-13-21)31(7)8/h10-17H,9,18-19H2,1-8H3/q+1. The molecule has 174 valence electrons. The number of piperidine rings is 1. The van der Waals surface area contributed by atoms with E-state index < -0.39 is 0 Å². The number of hydrogen-bond acceptors (Lipinski definition) is 3. The van der Waals surface area contributed by atoms with Crippen molar-refractivity contribution in [2.45, 2.75) is 58.0 Å². The molecule has 0 amide bonds. The first kappa shape index (κ1) is 23.3. The quantitative estimate of drug-likeness (QED) is 0.472. The van der Waals surface area contributed by atoms with Crippen molar-refractivity contribution >= 4 is 22.8 Å². The number of nitrogens with zero attached hydrogens (tertiary/aromatic N) is 3. The molecule has 0 radical (unpaired) electrons. The number of allylic oxidation sites excluding steroid dienone is 7. The molecule has 4 rings (SSSR count). The fourth-order valence-corrected chi connectivity index (χ4v) is 5.62. The average Bonchev–Trinajstić information content (AvgIpc) is 2.73. The van der Waals surface area contributed by atoms with Gasteiger partial charge in [0.25, 0.3) is 0 Å². The minimum Gasteiger partial charge on any atom is -0.378 e. The number of Topliss-reactive ketones (excluding diaryl/α,β-unsaturated/α-hetero) is 1. The summed E-state index contributed by atoms with van der Waals surface area (Å²) in [6.45, 7) is 9.29. The zero-order valence-electron chi connectivity index (χ0n) is 21.5. The Labute approximate surface area is 199 Å². The number of benzene rings is 1. The summed E-state index contributed by atoms with van der Waals surface area (Å²) in [5, 5.41) is 0. The van der Waals surface area contributed by atoms with Crippen molar-refractivity contribution in [2.75, 3.05) is 33.1 Å². The van der Waals surface area contributed by atoms with Crippen LogP contribution in [-0.2, 0) is 4.79 Å². The molecular formula is C29H38N3O+. The maximum absolute atomic E-state index is 13.7. The van der Waals surface area contributed by atoms with E-state index in [2.05, 4.69) is 90.6 Å². The van der Waals surface area contributed by atoms with Crippen LogP contribution in [-0.4, -0.2) is 60.2 Å². The molecule has 0 N–H and O–H groups in total. The lowest BCUT2D eigenvalue weighted by atomic mass is 9.71. The Hall–Kier alpha value is -2.88. The van der Waals surface area contributed by atoms with Gasteiger partial charge in [0.15, 0.2) is 11.5 Å². The van der Waals surface area contributed by atoms with E-state index in [0.717, 1.165) is 52.2 Å². The van der Waals surface area contributed by atoms with Crippen molar-refractivity contribution in [1.82, 2.24) is 4.90 Å². The molecule has 33 heavy (non-hydrogen) atoms. The van der Waals surface area contributed by atoms with E-state index in [9.17, 15) is 4.79 Å². The topological polar surface area (TPSA) is 26.6 Å². The number of carbonyl (C=O) groups excluding carboxylic acids is 1. The highest BCUT2D eigenvalue weighted by atomic mass is 16.1. The average molecular weight is 445 g/mol. The van der Waals surface area contributed by atoms with Gasteiger partial charge < -0.3 is 9.80 Å². The first-order valence-electron chi connectivity index (χ1n) is 12.0. The molecule has 0 unspecified atom stereocenters. The van der Waals surface area contributed by atoms with Gasteiger partial charge in [-0.3, -0.25) is 4.79 Å². The van der Waals surface area contributed by atoms with E-state index in [1.165, 1.54) is 6.42 Å². The number of ketones is 1. The van der Waals surface area contributed by atoms with Crippen molar-refractivity contribution in [1.29, 1.82) is 0 Å². The Balaban J connectivity index is 1.92. The second-order valence-electron chi connectivity index (χ2n) is 11.1. The highest BCUT2D eigenvalue weighted by Gasteiger charge is 2.49. The lowest BCUT2D eigenvalue weighted by Gasteiger charge is -2.57. The van der Waals surface area contributed by atoms with Crippen molar-refractivity contribution in [2.24, 2.45) is 0 Å². The summed E-state index contributed by atoms with van der Waals surface area (Å²) in [6, 6.07) is 8.39. The van der Waals surface area contributed by atoms with E-state index in [1.807, 2.05) is 28.2 Å². The molecule has 4 nitrogen and oxygen atoms in total. The number of anilines is 1. The van der Waals surface area contributed by atoms with Gasteiger partial charge in [-0.1, -0.05) is 12.1 Å². The zero-order chi connectivity index (χ0) is 24.1. The van der Waals surface area contributed by atoms with E-state index in [-0.39, 0.29) is 16.9 Å². The van der Waals surface area contributed by atoms with Crippen LogP contribution in [0.3, 0.4) is 0 Å². The summed E-state index contributed by atoms with van der Waals surface area (Å²) in [5.74, 6) is 0.150. The van der Waals surface area contributed by atoms with Gasteiger partial charge in [-0.25, -0.2) is 4.58 Å². The molecule has 0 saturated carbocycles. The second kappa shape index (κ2) is 8.16. The Bertz CT molecular complexity index is 1100. The van der Waals surface area contributed by atoms with Crippen molar-refractivity contribution in [3.63, 3.8) is 0 Å². The van der Waals surface area contributed by atoms with Gasteiger partial charge in [-0.15, -0.1) is 0 Å². The van der Waals surface area contributed by atoms with Crippen molar-refractivity contribution in [3.05, 3.63) is 71.0 Å². The van der Waals surface area contributed by atoms with Crippen LogP contribution in [0.25, 0.3) is 5.57 Å². The molecule has 1 aliphatic heterocycles. The minimum absolute atomic E-state index is 0.0264. The predicted molar refractivity (Wildman–Crippen MR) is 139 cm³/mol. The summed E-state index contributed by atoms with van der Waals surface area (Å²) in [6.07, 6.45) is 11.8. The molecule has 0 bridgehead atoms. The van der Waals surface area contributed by atoms with Crippen LogP contribution in [0, 0.1) is 0 Å². The third-order valence-corrected chi connectivity index (χ3v) is 7.28. The SMILES string of the molecule is CN(C)c1ccc(C2=C(N3C(C)(C)CCCC3(C)C)C(=C3C=CC(=[N+](C)C)C=C3)C2=O)cc1. The van der Waals surface area contributed by atoms with Gasteiger partial charge in [0.1, 0.15) is 14.1 Å². The molecule has 2 aliphatic carbocycles. The molecule has 4 heteroatoms. The monoisotopic (exact) mass is 444 g/mol. The lowest BCUT2D eigenvalue weighted by molar-refractivity contribution is -0.462. The fourth-order valence-electron chi connectivity index (χ4n) is 5.62. The number of likely N-dealkylation sites (tertiary alicyclic amines) is 1. The third kappa shape index (κ3) is 4.01. The van der Waals surface area contributed by atoms with Gasteiger partial charge in [0.2, 0.25) is 0 Å². The number of rotatable bonds is 3. The fraction of sp³-hybridized carbons (Fsp3) is 0.448. The van der Waals surface area contributed by atoms with Crippen LogP contribution >= 0.6 is 0 Å². The molecule has 3 aliphatic rings. The lowest BCUT2D eigenvalue weighted by Crippen LogP contribution is -2.60. The van der Waals surface area contributed by atoms with Gasteiger partial charge in [-0.05, 0) is 82.4 Å². The van der Waals surface area contributed by atoms with Gasteiger partial charge in [-0.2, -0.15) is 0 Å². The third-order valence-electron chi connectivity index (χ3n) is 7.28. The molecule has 1 aromatic rings. The summed E-state index contributed by atoms with van der Waals surface area (Å²) in [7, 11) is 8.15. The van der Waals surface area contributed by atoms with Crippen molar-refractivity contribution < 1.29 is 9.37 Å². The smallest absolute Gasteiger partial charge is 0.199 e. The van der Waals surface area contributed by atoms with Gasteiger partial charge >= 0.3 is 0 Å². The maximum atomic E-state index is 13.7. The Morgan fingerprint density at radius 2 is 1.39 bits per heavy atom. The highest BCUT2D eigenvalue weighted by Crippen LogP contribution is 2.51. The molecule has 1 aromatic carbocycles. The Morgan fingerprint density at radius 1 is 0.848 bits per heavy atom. The van der Waals surface area contributed by atoms with Crippen LogP contribution in [0.15, 0.2) is 65.4 Å². The summed E-state index contributed by atoms with van der Waals surface area (Å²) in [4.78, 5) is 18.4. The Kier molecular flexibility index (Phi) is 5.76.